The maximum absolute atomic E-state index is 12.6. The molecule has 1 heterocycles. The van der Waals surface area contributed by atoms with Gasteiger partial charge in [0, 0.05) is 37.8 Å². The molecule has 1 aromatic carbocycles. The Morgan fingerprint density at radius 2 is 2.10 bits per heavy atom. The predicted molar refractivity (Wildman–Crippen MR) is 102 cm³/mol. The number of hydrogen-bond donors (Lipinski definition) is 2. The van der Waals surface area contributed by atoms with Crippen molar-refractivity contribution in [2.24, 2.45) is 7.05 Å². The van der Waals surface area contributed by atoms with Gasteiger partial charge in [0.25, 0.3) is 11.6 Å². The smallest absolute Gasteiger partial charge is 0.272 e. The summed E-state index contributed by atoms with van der Waals surface area (Å²) in [7, 11) is -2.51. The average Bonchev–Trinajstić information content (AvgIpc) is 3.41. The summed E-state index contributed by atoms with van der Waals surface area (Å²) in [5.74, 6) is -0.345. The van der Waals surface area contributed by atoms with Gasteiger partial charge < -0.3 is 10.1 Å². The molecule has 1 amide bonds. The van der Waals surface area contributed by atoms with Crippen molar-refractivity contribution in [3.8, 4) is 11.6 Å². The monoisotopic (exact) mass is 423 g/mol. The first-order valence-electron chi connectivity index (χ1n) is 9.02. The number of sulfonamides is 1. The molecule has 1 aromatic heterocycles. The van der Waals surface area contributed by atoms with E-state index >= 15 is 0 Å². The molecule has 2 N–H and O–H groups in total. The number of aryl methyl sites for hydroxylation is 1. The molecule has 11 nitrogen and oxygen atoms in total. The van der Waals surface area contributed by atoms with Crippen LogP contribution < -0.4 is 14.8 Å². The van der Waals surface area contributed by atoms with Crippen LogP contribution in [0.5, 0.6) is 11.6 Å². The zero-order valence-corrected chi connectivity index (χ0v) is 16.7. The molecule has 2 aromatic rings. The summed E-state index contributed by atoms with van der Waals surface area (Å²) < 4.78 is 34.5. The van der Waals surface area contributed by atoms with Gasteiger partial charge in [-0.15, -0.1) is 0 Å². The normalized spacial score (nSPS) is 13.9. The maximum Gasteiger partial charge on any atom is 0.272 e. The zero-order chi connectivity index (χ0) is 21.2. The molecule has 0 saturated heterocycles. The van der Waals surface area contributed by atoms with Crippen LogP contribution in [0.25, 0.3) is 0 Å². The van der Waals surface area contributed by atoms with E-state index < -0.39 is 14.9 Å². The molecule has 29 heavy (non-hydrogen) atoms. The Balaban J connectivity index is 1.93. The number of nitro benzene ring substituents is 1. The molecule has 0 spiro atoms. The quantitative estimate of drug-likeness (QED) is 0.461. The molecular weight excluding hydrogens is 402 g/mol. The van der Waals surface area contributed by atoms with Crippen LogP contribution in [0, 0.1) is 10.1 Å². The standard InChI is InChI=1S/C17H21N5O6S/c1-3-8-18-29(26,27)15-9-12(22(24)25)6-7-14(15)28-16-10-13(20-21(16)2)17(23)19-11-4-5-11/h6-7,9-11,18H,3-5,8H2,1-2H3,(H,19,23). The molecule has 1 fully saturated rings. The van der Waals surface area contributed by atoms with E-state index in [1.54, 1.807) is 6.92 Å². The summed E-state index contributed by atoms with van der Waals surface area (Å²) in [5.41, 5.74) is -0.256. The maximum atomic E-state index is 12.6. The summed E-state index contributed by atoms with van der Waals surface area (Å²) in [5, 5.41) is 18.0. The fourth-order valence-corrected chi connectivity index (χ4v) is 3.75. The molecule has 1 aliphatic rings. The molecule has 1 aliphatic carbocycles. The number of non-ortho nitro benzene ring substituents is 1. The Hall–Kier alpha value is -2.99. The van der Waals surface area contributed by atoms with E-state index in [0.717, 1.165) is 25.0 Å². The average molecular weight is 423 g/mol. The number of nitrogens with one attached hydrogen (secondary N) is 2. The number of ether oxygens (including phenoxy) is 1. The van der Waals surface area contributed by atoms with E-state index in [4.69, 9.17) is 4.74 Å². The van der Waals surface area contributed by atoms with Gasteiger partial charge in [0.05, 0.1) is 4.92 Å². The summed E-state index contributed by atoms with van der Waals surface area (Å²) in [6.07, 6.45) is 2.40. The summed E-state index contributed by atoms with van der Waals surface area (Å²) >= 11 is 0. The van der Waals surface area contributed by atoms with E-state index in [9.17, 15) is 23.3 Å². The van der Waals surface area contributed by atoms with Gasteiger partial charge in [-0.1, -0.05) is 6.92 Å². The first-order valence-corrected chi connectivity index (χ1v) is 10.5. The second kappa shape index (κ2) is 8.17. The van der Waals surface area contributed by atoms with Crippen LogP contribution in [0.2, 0.25) is 0 Å². The highest BCUT2D eigenvalue weighted by atomic mass is 32.2. The third-order valence-corrected chi connectivity index (χ3v) is 5.65. The van der Waals surface area contributed by atoms with Gasteiger partial charge in [-0.3, -0.25) is 14.9 Å². The van der Waals surface area contributed by atoms with Crippen LogP contribution in [0.3, 0.4) is 0 Å². The molecular formula is C17H21N5O6S. The molecule has 3 rings (SSSR count). The van der Waals surface area contributed by atoms with Crippen molar-refractivity contribution in [2.75, 3.05) is 6.54 Å². The Labute approximate surface area is 167 Å². The number of benzene rings is 1. The van der Waals surface area contributed by atoms with Crippen LogP contribution in [0.15, 0.2) is 29.2 Å². The topological polar surface area (TPSA) is 145 Å². The van der Waals surface area contributed by atoms with Gasteiger partial charge in [0.15, 0.2) is 5.69 Å². The Bertz CT molecular complexity index is 1040. The van der Waals surface area contributed by atoms with Crippen LogP contribution in [0.4, 0.5) is 5.69 Å². The molecule has 0 radical (unpaired) electrons. The molecule has 0 aliphatic heterocycles. The van der Waals surface area contributed by atoms with Gasteiger partial charge in [0.2, 0.25) is 15.9 Å². The van der Waals surface area contributed by atoms with E-state index in [0.29, 0.717) is 6.42 Å². The van der Waals surface area contributed by atoms with Crippen molar-refractivity contribution < 1.29 is 22.9 Å². The minimum absolute atomic E-state index is 0.114. The molecule has 0 atom stereocenters. The first-order chi connectivity index (χ1) is 13.7. The van der Waals surface area contributed by atoms with Gasteiger partial charge in [-0.2, -0.15) is 5.10 Å². The van der Waals surface area contributed by atoms with Crippen molar-refractivity contribution in [1.82, 2.24) is 19.8 Å². The number of amides is 1. The highest BCUT2D eigenvalue weighted by Gasteiger charge is 2.27. The van der Waals surface area contributed by atoms with Crippen LogP contribution in [-0.4, -0.2) is 41.6 Å². The zero-order valence-electron chi connectivity index (χ0n) is 15.9. The third-order valence-electron chi connectivity index (χ3n) is 4.17. The van der Waals surface area contributed by atoms with Gasteiger partial charge in [0.1, 0.15) is 10.6 Å². The number of carbonyl (C=O) groups excluding carboxylic acids is 1. The summed E-state index contributed by atoms with van der Waals surface area (Å²) in [6.45, 7) is 1.96. The molecule has 156 valence electrons. The SMILES string of the molecule is CCCNS(=O)(=O)c1cc([N+](=O)[O-])ccc1Oc1cc(C(=O)NC2CC2)nn1C. The lowest BCUT2D eigenvalue weighted by Crippen LogP contribution is -2.25. The van der Waals surface area contributed by atoms with E-state index in [1.807, 2.05) is 0 Å². The second-order valence-electron chi connectivity index (χ2n) is 6.63. The Kier molecular flexibility index (Phi) is 5.84. The van der Waals surface area contributed by atoms with Crippen molar-refractivity contribution in [1.29, 1.82) is 0 Å². The largest absolute Gasteiger partial charge is 0.438 e. The van der Waals surface area contributed by atoms with E-state index in [-0.39, 0.29) is 46.4 Å². The Morgan fingerprint density at radius 1 is 1.38 bits per heavy atom. The van der Waals surface area contributed by atoms with Gasteiger partial charge in [-0.25, -0.2) is 17.8 Å². The minimum atomic E-state index is -4.05. The van der Waals surface area contributed by atoms with Crippen LogP contribution in [0.1, 0.15) is 36.7 Å². The van der Waals surface area contributed by atoms with E-state index in [2.05, 4.69) is 15.1 Å². The first kappa shape index (κ1) is 20.7. The minimum Gasteiger partial charge on any atom is -0.438 e. The fourth-order valence-electron chi connectivity index (χ4n) is 2.48. The fraction of sp³-hybridized carbons (Fsp3) is 0.412. The molecule has 0 bridgehead atoms. The lowest BCUT2D eigenvalue weighted by Gasteiger charge is -2.12. The van der Waals surface area contributed by atoms with Crippen molar-refractivity contribution in [2.45, 2.75) is 37.1 Å². The lowest BCUT2D eigenvalue weighted by atomic mass is 10.3. The molecule has 0 unspecified atom stereocenters. The van der Waals surface area contributed by atoms with Crippen LogP contribution in [-0.2, 0) is 17.1 Å². The van der Waals surface area contributed by atoms with Gasteiger partial charge >= 0.3 is 0 Å². The highest BCUT2D eigenvalue weighted by molar-refractivity contribution is 7.89. The number of aromatic nitrogens is 2. The van der Waals surface area contributed by atoms with Crippen LogP contribution >= 0.6 is 0 Å². The third kappa shape index (κ3) is 4.90. The number of rotatable bonds is 9. The van der Waals surface area contributed by atoms with E-state index in [1.165, 1.54) is 23.9 Å². The Morgan fingerprint density at radius 3 is 2.72 bits per heavy atom. The van der Waals surface area contributed by atoms with Gasteiger partial charge in [-0.05, 0) is 25.3 Å². The molecule has 12 heteroatoms. The summed E-state index contributed by atoms with van der Waals surface area (Å²) in [6, 6.07) is 4.82. The van der Waals surface area contributed by atoms with Crippen molar-refractivity contribution in [3.63, 3.8) is 0 Å². The molecule has 1 saturated carbocycles. The second-order valence-corrected chi connectivity index (χ2v) is 8.36. The van der Waals surface area contributed by atoms with Crippen molar-refractivity contribution >= 4 is 21.6 Å². The number of nitro groups is 1. The number of carbonyl (C=O) groups is 1. The predicted octanol–water partition coefficient (Wildman–Crippen LogP) is 1.70. The summed E-state index contributed by atoms with van der Waals surface area (Å²) in [4.78, 5) is 22.2. The highest BCUT2D eigenvalue weighted by Crippen LogP contribution is 2.32. The lowest BCUT2D eigenvalue weighted by molar-refractivity contribution is -0.385. The number of nitrogens with zero attached hydrogens (tertiary/aromatic N) is 3. The number of hydrogen-bond acceptors (Lipinski definition) is 7. The van der Waals surface area contributed by atoms with Crippen molar-refractivity contribution in [3.05, 3.63) is 40.1 Å².